The third-order valence-electron chi connectivity index (χ3n) is 4.58. The molecule has 0 saturated carbocycles. The van der Waals surface area contributed by atoms with Crippen LogP contribution in [0.2, 0.25) is 0 Å². The number of rotatable bonds is 2. The molecule has 2 aromatic carbocycles. The van der Waals surface area contributed by atoms with E-state index in [4.69, 9.17) is 0 Å². The van der Waals surface area contributed by atoms with Crippen LogP contribution in [0.3, 0.4) is 0 Å². The van der Waals surface area contributed by atoms with Crippen molar-refractivity contribution in [2.45, 2.75) is 32.9 Å². The summed E-state index contributed by atoms with van der Waals surface area (Å²) in [5, 5.41) is 3.62. The van der Waals surface area contributed by atoms with Crippen LogP contribution in [0.5, 0.6) is 0 Å². The molecule has 2 aromatic rings. The van der Waals surface area contributed by atoms with Gasteiger partial charge in [0.2, 0.25) is 0 Å². The van der Waals surface area contributed by atoms with Gasteiger partial charge in [-0.15, -0.1) is 0 Å². The zero-order valence-corrected chi connectivity index (χ0v) is 13.1. The van der Waals surface area contributed by atoms with E-state index in [1.807, 2.05) is 0 Å². The van der Waals surface area contributed by atoms with Crippen molar-refractivity contribution < 1.29 is 0 Å². The number of anilines is 1. The molecule has 3 rings (SSSR count). The largest absolute Gasteiger partial charge is 0.361 e. The van der Waals surface area contributed by atoms with Crippen LogP contribution in [0.25, 0.3) is 0 Å². The van der Waals surface area contributed by atoms with Gasteiger partial charge >= 0.3 is 0 Å². The van der Waals surface area contributed by atoms with Crippen LogP contribution < -0.4 is 10.2 Å². The minimum absolute atomic E-state index is 0.405. The lowest BCUT2D eigenvalue weighted by molar-refractivity contribution is 0.416. The fourth-order valence-electron chi connectivity index (χ4n) is 3.20. The van der Waals surface area contributed by atoms with E-state index < -0.39 is 0 Å². The molecule has 2 nitrogen and oxygen atoms in total. The van der Waals surface area contributed by atoms with E-state index >= 15 is 0 Å². The van der Waals surface area contributed by atoms with E-state index in [1.54, 1.807) is 0 Å². The highest BCUT2D eigenvalue weighted by Gasteiger charge is 2.28. The van der Waals surface area contributed by atoms with Gasteiger partial charge in [0.1, 0.15) is 0 Å². The predicted octanol–water partition coefficient (Wildman–Crippen LogP) is 3.84. The van der Waals surface area contributed by atoms with Gasteiger partial charge in [-0.1, -0.05) is 42.5 Å². The first-order chi connectivity index (χ1) is 10.2. The van der Waals surface area contributed by atoms with E-state index in [9.17, 15) is 0 Å². The predicted molar refractivity (Wildman–Crippen MR) is 89.9 cm³/mol. The van der Waals surface area contributed by atoms with Gasteiger partial charge in [-0.3, -0.25) is 0 Å². The third kappa shape index (κ3) is 2.81. The van der Waals surface area contributed by atoms with Gasteiger partial charge in [0, 0.05) is 24.8 Å². The summed E-state index contributed by atoms with van der Waals surface area (Å²) in [5.74, 6) is 0. The van der Waals surface area contributed by atoms with Gasteiger partial charge in [0.15, 0.2) is 0 Å². The zero-order valence-electron chi connectivity index (χ0n) is 13.1. The molecular formula is C19H24N2. The molecule has 21 heavy (non-hydrogen) atoms. The molecule has 1 aliphatic heterocycles. The highest BCUT2D eigenvalue weighted by molar-refractivity contribution is 5.58. The maximum absolute atomic E-state index is 3.62. The molecule has 1 N–H and O–H groups in total. The number of aryl methyl sites for hydroxylation is 1. The summed E-state index contributed by atoms with van der Waals surface area (Å²) in [6, 6.07) is 18.4. The van der Waals surface area contributed by atoms with Crippen molar-refractivity contribution in [3.63, 3.8) is 0 Å². The molecule has 0 aliphatic carbocycles. The van der Waals surface area contributed by atoms with E-state index in [0.717, 1.165) is 13.1 Å². The van der Waals surface area contributed by atoms with E-state index in [1.165, 1.54) is 22.4 Å². The maximum atomic E-state index is 3.62. The van der Waals surface area contributed by atoms with Gasteiger partial charge in [-0.25, -0.2) is 0 Å². The molecule has 1 fully saturated rings. The lowest BCUT2D eigenvalue weighted by atomic mass is 9.98. The average molecular weight is 280 g/mol. The Bertz CT molecular complexity index is 606. The first-order valence-electron chi connectivity index (χ1n) is 7.78. The van der Waals surface area contributed by atoms with Crippen LogP contribution in [0.15, 0.2) is 48.5 Å². The summed E-state index contributed by atoms with van der Waals surface area (Å²) in [5.41, 5.74) is 5.52. The fraction of sp³-hybridized carbons (Fsp3) is 0.368. The lowest BCUT2D eigenvalue weighted by Crippen LogP contribution is -2.51. The van der Waals surface area contributed by atoms with Crippen molar-refractivity contribution in [3.05, 3.63) is 65.2 Å². The number of nitrogens with one attached hydrogen (secondary N) is 1. The van der Waals surface area contributed by atoms with Crippen LogP contribution in [-0.4, -0.2) is 19.1 Å². The molecule has 1 saturated heterocycles. The van der Waals surface area contributed by atoms with Crippen molar-refractivity contribution in [2.75, 3.05) is 18.0 Å². The molecule has 2 unspecified atom stereocenters. The molecule has 0 radical (unpaired) electrons. The van der Waals surface area contributed by atoms with Crippen LogP contribution in [0.1, 0.15) is 29.7 Å². The first-order valence-corrected chi connectivity index (χ1v) is 7.78. The summed E-state index contributed by atoms with van der Waals surface area (Å²) in [6.07, 6.45) is 0. The maximum Gasteiger partial charge on any atom is 0.0667 e. The average Bonchev–Trinajstić information content (AvgIpc) is 2.51. The van der Waals surface area contributed by atoms with Crippen molar-refractivity contribution in [1.29, 1.82) is 0 Å². The molecule has 0 spiro atoms. The second-order valence-corrected chi connectivity index (χ2v) is 6.11. The lowest BCUT2D eigenvalue weighted by Gasteiger charge is -2.42. The molecule has 0 aromatic heterocycles. The second kappa shape index (κ2) is 5.90. The van der Waals surface area contributed by atoms with Crippen molar-refractivity contribution >= 4 is 5.69 Å². The summed E-state index contributed by atoms with van der Waals surface area (Å²) in [6.45, 7) is 8.74. The Morgan fingerprint density at radius 2 is 1.76 bits per heavy atom. The van der Waals surface area contributed by atoms with Crippen molar-refractivity contribution in [2.24, 2.45) is 0 Å². The smallest absolute Gasteiger partial charge is 0.0667 e. The molecule has 1 aliphatic rings. The third-order valence-corrected chi connectivity index (χ3v) is 4.58. The molecular weight excluding hydrogens is 256 g/mol. The van der Waals surface area contributed by atoms with Gasteiger partial charge in [0.25, 0.3) is 0 Å². The van der Waals surface area contributed by atoms with Gasteiger partial charge in [0.05, 0.1) is 6.04 Å². The first kappa shape index (κ1) is 14.2. The Morgan fingerprint density at radius 3 is 2.52 bits per heavy atom. The molecule has 110 valence electrons. The number of hydrogen-bond acceptors (Lipinski definition) is 2. The summed E-state index contributed by atoms with van der Waals surface area (Å²) >= 11 is 0. The number of hydrogen-bond donors (Lipinski definition) is 1. The number of nitrogens with zero attached hydrogens (tertiary/aromatic N) is 1. The zero-order chi connectivity index (χ0) is 14.8. The minimum atomic E-state index is 0.405. The normalized spacial score (nSPS) is 22.3. The Labute approximate surface area is 127 Å². The molecule has 1 heterocycles. The minimum Gasteiger partial charge on any atom is -0.361 e. The van der Waals surface area contributed by atoms with Gasteiger partial charge < -0.3 is 10.2 Å². The fourth-order valence-corrected chi connectivity index (χ4v) is 3.20. The Morgan fingerprint density at radius 1 is 1.00 bits per heavy atom. The molecule has 0 amide bonds. The number of benzene rings is 2. The quantitative estimate of drug-likeness (QED) is 0.899. The van der Waals surface area contributed by atoms with E-state index in [0.29, 0.717) is 12.1 Å². The SMILES string of the molecule is Cc1cccc(N2CC(C)NCC2c2ccccc2)c1C. The highest BCUT2D eigenvalue weighted by atomic mass is 15.2. The van der Waals surface area contributed by atoms with Gasteiger partial charge in [-0.2, -0.15) is 0 Å². The summed E-state index contributed by atoms with van der Waals surface area (Å²) < 4.78 is 0. The van der Waals surface area contributed by atoms with Crippen LogP contribution in [0, 0.1) is 13.8 Å². The van der Waals surface area contributed by atoms with Crippen LogP contribution in [0.4, 0.5) is 5.69 Å². The summed E-state index contributed by atoms with van der Waals surface area (Å²) in [7, 11) is 0. The van der Waals surface area contributed by atoms with Crippen LogP contribution in [-0.2, 0) is 0 Å². The van der Waals surface area contributed by atoms with Crippen molar-refractivity contribution in [3.8, 4) is 0 Å². The molecule has 0 bridgehead atoms. The van der Waals surface area contributed by atoms with E-state index in [-0.39, 0.29) is 0 Å². The standard InChI is InChI=1S/C19H24N2/c1-14-8-7-11-18(16(14)3)21-13-15(2)20-12-19(21)17-9-5-4-6-10-17/h4-11,15,19-20H,12-13H2,1-3H3. The Balaban J connectivity index is 2.01. The Kier molecular flexibility index (Phi) is 3.98. The second-order valence-electron chi connectivity index (χ2n) is 6.11. The molecule has 2 atom stereocenters. The Hall–Kier alpha value is -1.80. The molecule has 2 heteroatoms. The summed E-state index contributed by atoms with van der Waals surface area (Å²) in [4.78, 5) is 2.57. The number of piperazine rings is 1. The van der Waals surface area contributed by atoms with Crippen LogP contribution >= 0.6 is 0 Å². The topological polar surface area (TPSA) is 15.3 Å². The highest BCUT2D eigenvalue weighted by Crippen LogP contribution is 2.32. The van der Waals surface area contributed by atoms with Crippen molar-refractivity contribution in [1.82, 2.24) is 5.32 Å². The van der Waals surface area contributed by atoms with E-state index in [2.05, 4.69) is 79.5 Å². The van der Waals surface area contributed by atoms with Gasteiger partial charge in [-0.05, 0) is 43.5 Å². The monoisotopic (exact) mass is 280 g/mol.